The number of carbonyl (C=O) groups is 1. The Hall–Kier alpha value is -2.31. The second kappa shape index (κ2) is 4.75. The van der Waals surface area contributed by atoms with Gasteiger partial charge in [-0.2, -0.15) is 13.2 Å². The average molecular weight is 269 g/mol. The summed E-state index contributed by atoms with van der Waals surface area (Å²) in [6, 6.07) is 6.18. The Balaban J connectivity index is 2.31. The molecule has 7 heteroatoms. The van der Waals surface area contributed by atoms with E-state index in [1.54, 1.807) is 12.1 Å². The van der Waals surface area contributed by atoms with E-state index in [1.807, 2.05) is 0 Å². The lowest BCUT2D eigenvalue weighted by atomic mass is 10.1. The van der Waals surface area contributed by atoms with Crippen LogP contribution in [-0.4, -0.2) is 17.1 Å². The van der Waals surface area contributed by atoms with Crippen LogP contribution in [0.25, 0.3) is 10.9 Å². The zero-order valence-electron chi connectivity index (χ0n) is 9.66. The predicted octanol–water partition coefficient (Wildman–Crippen LogP) is 2.71. The Morgan fingerprint density at radius 2 is 2.05 bits per heavy atom. The number of hydrogen-bond acceptors (Lipinski definition) is 3. The molecule has 19 heavy (non-hydrogen) atoms. The van der Waals surface area contributed by atoms with Crippen molar-refractivity contribution in [3.05, 3.63) is 30.5 Å². The van der Waals surface area contributed by atoms with Crippen molar-refractivity contribution in [1.29, 1.82) is 0 Å². The number of pyridine rings is 1. The first kappa shape index (κ1) is 13.1. The van der Waals surface area contributed by atoms with Crippen LogP contribution in [0.1, 0.15) is 6.42 Å². The number of fused-ring (bicyclic) bond motifs is 1. The Labute approximate surface area is 106 Å². The van der Waals surface area contributed by atoms with Crippen LogP contribution in [0.15, 0.2) is 30.5 Å². The van der Waals surface area contributed by atoms with Gasteiger partial charge in [0.2, 0.25) is 5.91 Å². The van der Waals surface area contributed by atoms with E-state index in [4.69, 9.17) is 5.73 Å². The zero-order chi connectivity index (χ0) is 14.0. The third-order valence-corrected chi connectivity index (χ3v) is 2.44. The highest BCUT2D eigenvalue weighted by atomic mass is 19.4. The Kier molecular flexibility index (Phi) is 3.28. The van der Waals surface area contributed by atoms with Crippen molar-refractivity contribution in [2.24, 2.45) is 0 Å². The van der Waals surface area contributed by atoms with E-state index < -0.39 is 18.5 Å². The normalized spacial score (nSPS) is 11.5. The summed E-state index contributed by atoms with van der Waals surface area (Å²) in [4.78, 5) is 15.3. The molecule has 0 fully saturated rings. The highest BCUT2D eigenvalue weighted by Gasteiger charge is 2.31. The lowest BCUT2D eigenvalue weighted by Gasteiger charge is -2.11. The van der Waals surface area contributed by atoms with Gasteiger partial charge in [-0.1, -0.05) is 0 Å². The van der Waals surface area contributed by atoms with Gasteiger partial charge in [-0.15, -0.1) is 0 Å². The topological polar surface area (TPSA) is 68.0 Å². The molecular formula is C12H10F3N3O. The number of benzene rings is 1. The van der Waals surface area contributed by atoms with Crippen molar-refractivity contribution >= 4 is 28.2 Å². The molecule has 2 aromatic rings. The Bertz CT molecular complexity index is 625. The van der Waals surface area contributed by atoms with E-state index in [0.717, 1.165) is 0 Å². The number of nitrogen functional groups attached to an aromatic ring is 1. The number of nitrogens with zero attached hydrogens (tertiary/aromatic N) is 1. The number of halogens is 3. The summed E-state index contributed by atoms with van der Waals surface area (Å²) < 4.78 is 36.3. The lowest BCUT2D eigenvalue weighted by molar-refractivity contribution is -0.150. The summed E-state index contributed by atoms with van der Waals surface area (Å²) in [5, 5.41) is 2.71. The minimum atomic E-state index is -4.54. The maximum Gasteiger partial charge on any atom is 0.397 e. The van der Waals surface area contributed by atoms with Crippen molar-refractivity contribution in [2.75, 3.05) is 11.1 Å². The molecule has 1 heterocycles. The maximum absolute atomic E-state index is 12.1. The zero-order valence-corrected chi connectivity index (χ0v) is 9.66. The quantitative estimate of drug-likeness (QED) is 0.824. The number of rotatable bonds is 2. The van der Waals surface area contributed by atoms with Gasteiger partial charge in [0, 0.05) is 11.6 Å². The third kappa shape index (κ3) is 3.12. The molecule has 0 aliphatic carbocycles. The van der Waals surface area contributed by atoms with Crippen LogP contribution in [0.4, 0.5) is 24.5 Å². The first-order chi connectivity index (χ1) is 8.87. The molecule has 0 saturated carbocycles. The molecule has 0 bridgehead atoms. The average Bonchev–Trinajstić information content (AvgIpc) is 2.31. The number of carbonyl (C=O) groups excluding carboxylic acids is 1. The summed E-state index contributed by atoms with van der Waals surface area (Å²) in [5.74, 6) is -1.12. The highest BCUT2D eigenvalue weighted by Crippen LogP contribution is 2.27. The van der Waals surface area contributed by atoms with Crippen LogP contribution in [-0.2, 0) is 4.79 Å². The fourth-order valence-corrected chi connectivity index (χ4v) is 1.68. The van der Waals surface area contributed by atoms with Crippen LogP contribution in [0.5, 0.6) is 0 Å². The van der Waals surface area contributed by atoms with E-state index in [2.05, 4.69) is 10.3 Å². The standard InChI is InChI=1S/C12H10F3N3O/c13-12(14,15)6-10(19)18-9-4-3-8(16)11-7(9)2-1-5-17-11/h1-5H,6,16H2,(H,18,19). The molecule has 3 N–H and O–H groups in total. The minimum absolute atomic E-state index is 0.256. The predicted molar refractivity (Wildman–Crippen MR) is 65.5 cm³/mol. The molecule has 2 rings (SSSR count). The van der Waals surface area contributed by atoms with E-state index in [1.165, 1.54) is 18.3 Å². The molecule has 1 aromatic carbocycles. The van der Waals surface area contributed by atoms with Crippen LogP contribution in [0.3, 0.4) is 0 Å². The summed E-state index contributed by atoms with van der Waals surface area (Å²) in [5.41, 5.74) is 6.79. The van der Waals surface area contributed by atoms with Crippen molar-refractivity contribution < 1.29 is 18.0 Å². The molecule has 0 aliphatic rings. The summed E-state index contributed by atoms with van der Waals surface area (Å²) in [7, 11) is 0. The van der Waals surface area contributed by atoms with Gasteiger partial charge >= 0.3 is 6.18 Å². The molecule has 0 spiro atoms. The minimum Gasteiger partial charge on any atom is -0.397 e. The molecule has 1 amide bonds. The molecule has 0 saturated heterocycles. The van der Waals surface area contributed by atoms with Gasteiger partial charge in [0.25, 0.3) is 0 Å². The molecule has 0 aliphatic heterocycles. The first-order valence-corrected chi connectivity index (χ1v) is 5.36. The van der Waals surface area contributed by atoms with Crippen molar-refractivity contribution in [3.8, 4) is 0 Å². The molecule has 100 valence electrons. The van der Waals surface area contributed by atoms with Gasteiger partial charge in [0.15, 0.2) is 0 Å². The van der Waals surface area contributed by atoms with Crippen molar-refractivity contribution in [2.45, 2.75) is 12.6 Å². The number of nitrogens with two attached hydrogens (primary N) is 1. The number of alkyl halides is 3. The molecule has 0 atom stereocenters. The third-order valence-electron chi connectivity index (χ3n) is 2.44. The second-order valence-electron chi connectivity index (χ2n) is 3.94. The van der Waals surface area contributed by atoms with E-state index in [-0.39, 0.29) is 5.69 Å². The molecular weight excluding hydrogens is 259 g/mol. The fourth-order valence-electron chi connectivity index (χ4n) is 1.68. The Morgan fingerprint density at radius 3 is 2.74 bits per heavy atom. The van der Waals surface area contributed by atoms with Crippen LogP contribution in [0, 0.1) is 0 Å². The summed E-state index contributed by atoms with van der Waals surface area (Å²) in [6.07, 6.45) is -4.55. The second-order valence-corrected chi connectivity index (χ2v) is 3.94. The van der Waals surface area contributed by atoms with Crippen molar-refractivity contribution in [3.63, 3.8) is 0 Å². The van der Waals surface area contributed by atoms with Gasteiger partial charge in [-0.25, -0.2) is 0 Å². The van der Waals surface area contributed by atoms with Crippen LogP contribution >= 0.6 is 0 Å². The Morgan fingerprint density at radius 1 is 1.32 bits per heavy atom. The number of nitrogens with one attached hydrogen (secondary N) is 1. The first-order valence-electron chi connectivity index (χ1n) is 5.36. The molecule has 0 radical (unpaired) electrons. The fraction of sp³-hybridized carbons (Fsp3) is 0.167. The van der Waals surface area contributed by atoms with Gasteiger partial charge < -0.3 is 11.1 Å². The maximum atomic E-state index is 12.1. The molecule has 0 unspecified atom stereocenters. The van der Waals surface area contributed by atoms with Crippen LogP contribution in [0.2, 0.25) is 0 Å². The number of aromatic nitrogens is 1. The van der Waals surface area contributed by atoms with Crippen molar-refractivity contribution in [1.82, 2.24) is 4.98 Å². The summed E-state index contributed by atoms with van der Waals surface area (Å²) >= 11 is 0. The smallest absolute Gasteiger partial charge is 0.397 e. The number of amides is 1. The molecule has 1 aromatic heterocycles. The van der Waals surface area contributed by atoms with Gasteiger partial charge in [-0.05, 0) is 24.3 Å². The lowest BCUT2D eigenvalue weighted by Crippen LogP contribution is -2.21. The SMILES string of the molecule is Nc1ccc(NC(=O)CC(F)(F)F)c2cccnc12. The van der Waals surface area contributed by atoms with E-state index in [0.29, 0.717) is 16.6 Å². The molecule has 4 nitrogen and oxygen atoms in total. The number of hydrogen-bond donors (Lipinski definition) is 2. The highest BCUT2D eigenvalue weighted by molar-refractivity contribution is 6.04. The van der Waals surface area contributed by atoms with E-state index in [9.17, 15) is 18.0 Å². The summed E-state index contributed by atoms with van der Waals surface area (Å²) in [6.45, 7) is 0. The monoisotopic (exact) mass is 269 g/mol. The van der Waals surface area contributed by atoms with E-state index >= 15 is 0 Å². The number of anilines is 2. The van der Waals surface area contributed by atoms with Gasteiger partial charge in [0.05, 0.1) is 16.9 Å². The largest absolute Gasteiger partial charge is 0.397 e. The van der Waals surface area contributed by atoms with Gasteiger partial charge in [0.1, 0.15) is 6.42 Å². The van der Waals surface area contributed by atoms with Crippen LogP contribution < -0.4 is 11.1 Å². The van der Waals surface area contributed by atoms with Gasteiger partial charge in [-0.3, -0.25) is 9.78 Å².